The third kappa shape index (κ3) is 4.78. The van der Waals surface area contributed by atoms with Crippen LogP contribution in [-0.2, 0) is 0 Å². The number of anilines is 1. The number of carboxylic acid groups (broad SMARTS) is 1. The molecule has 1 atom stereocenters. The van der Waals surface area contributed by atoms with E-state index in [-0.39, 0.29) is 16.1 Å². The number of benzene rings is 1. The van der Waals surface area contributed by atoms with E-state index in [1.165, 1.54) is 31.4 Å². The summed E-state index contributed by atoms with van der Waals surface area (Å²) >= 11 is 3.00. The molecular formula is C15H21BrFNO2. The van der Waals surface area contributed by atoms with Crippen molar-refractivity contribution in [3.63, 3.8) is 0 Å². The summed E-state index contributed by atoms with van der Waals surface area (Å²) in [5.41, 5.74) is 0.272. The number of hydrogen-bond donors (Lipinski definition) is 2. The second-order valence-electron chi connectivity index (χ2n) is 4.99. The summed E-state index contributed by atoms with van der Waals surface area (Å²) in [4.78, 5) is 10.9. The maximum atomic E-state index is 14.1. The lowest BCUT2D eigenvalue weighted by atomic mass is 10.1. The highest BCUT2D eigenvalue weighted by Gasteiger charge is 2.16. The van der Waals surface area contributed by atoms with Gasteiger partial charge < -0.3 is 10.4 Å². The summed E-state index contributed by atoms with van der Waals surface area (Å²) in [6.45, 7) is 4.17. The van der Waals surface area contributed by atoms with Gasteiger partial charge in [0.2, 0.25) is 0 Å². The van der Waals surface area contributed by atoms with Crippen LogP contribution >= 0.6 is 15.9 Å². The molecule has 5 heteroatoms. The summed E-state index contributed by atoms with van der Waals surface area (Å²) in [7, 11) is 0. The van der Waals surface area contributed by atoms with Gasteiger partial charge in [-0.2, -0.15) is 0 Å². The maximum absolute atomic E-state index is 14.1. The van der Waals surface area contributed by atoms with Crippen LogP contribution < -0.4 is 5.32 Å². The fourth-order valence-corrected chi connectivity index (χ4v) is 2.56. The van der Waals surface area contributed by atoms with Crippen LogP contribution in [0.3, 0.4) is 0 Å². The average Bonchev–Trinajstić information content (AvgIpc) is 2.40. The largest absolute Gasteiger partial charge is 0.478 e. The summed E-state index contributed by atoms with van der Waals surface area (Å²) in [5, 5.41) is 12.0. The smallest absolute Gasteiger partial charge is 0.336 e. The number of hydrogen-bond acceptors (Lipinski definition) is 2. The van der Waals surface area contributed by atoms with Crippen LogP contribution in [0, 0.1) is 5.82 Å². The molecule has 1 rings (SSSR count). The van der Waals surface area contributed by atoms with E-state index in [0.717, 1.165) is 12.8 Å². The lowest BCUT2D eigenvalue weighted by molar-refractivity contribution is 0.0695. The van der Waals surface area contributed by atoms with Gasteiger partial charge in [0.1, 0.15) is 0 Å². The van der Waals surface area contributed by atoms with E-state index >= 15 is 0 Å². The third-order valence-electron chi connectivity index (χ3n) is 3.21. The number of halogens is 2. The Morgan fingerprint density at radius 3 is 2.70 bits per heavy atom. The first kappa shape index (κ1) is 17.0. The fourth-order valence-electron chi connectivity index (χ4n) is 2.04. The van der Waals surface area contributed by atoms with Gasteiger partial charge in [-0.05, 0) is 41.4 Å². The standard InChI is InChI=1S/C15H21BrFNO2/c1-3-4-5-6-7-10(2)18-12-9-8-11(15(19)20)13(16)14(12)17/h8-10,18H,3-7H2,1-2H3,(H,19,20). The molecule has 2 N–H and O–H groups in total. The molecule has 0 fully saturated rings. The molecule has 0 aliphatic carbocycles. The quantitative estimate of drug-likeness (QED) is 0.647. The molecule has 112 valence electrons. The van der Waals surface area contributed by atoms with E-state index in [1.54, 1.807) is 0 Å². The number of carbonyl (C=O) groups is 1. The molecule has 0 aliphatic rings. The van der Waals surface area contributed by atoms with Gasteiger partial charge in [-0.15, -0.1) is 0 Å². The molecule has 1 unspecified atom stereocenters. The van der Waals surface area contributed by atoms with Gasteiger partial charge in [0, 0.05) is 6.04 Å². The van der Waals surface area contributed by atoms with Crippen molar-refractivity contribution >= 4 is 27.6 Å². The number of carboxylic acids is 1. The van der Waals surface area contributed by atoms with Crippen molar-refractivity contribution in [3.05, 3.63) is 28.0 Å². The SMILES string of the molecule is CCCCCCC(C)Nc1ccc(C(=O)O)c(Br)c1F. The van der Waals surface area contributed by atoms with Gasteiger partial charge in [-0.1, -0.05) is 32.6 Å². The van der Waals surface area contributed by atoms with Crippen molar-refractivity contribution in [3.8, 4) is 0 Å². The highest BCUT2D eigenvalue weighted by atomic mass is 79.9. The van der Waals surface area contributed by atoms with Gasteiger partial charge >= 0.3 is 5.97 Å². The van der Waals surface area contributed by atoms with Crippen molar-refractivity contribution in [2.75, 3.05) is 5.32 Å². The van der Waals surface area contributed by atoms with E-state index in [4.69, 9.17) is 5.11 Å². The molecule has 20 heavy (non-hydrogen) atoms. The fraction of sp³-hybridized carbons (Fsp3) is 0.533. The van der Waals surface area contributed by atoms with Crippen molar-refractivity contribution in [2.45, 2.75) is 52.0 Å². The molecule has 1 aromatic carbocycles. The van der Waals surface area contributed by atoms with Crippen LogP contribution in [0.2, 0.25) is 0 Å². The average molecular weight is 346 g/mol. The van der Waals surface area contributed by atoms with Gasteiger partial charge in [-0.3, -0.25) is 0 Å². The van der Waals surface area contributed by atoms with Crippen LogP contribution in [0.5, 0.6) is 0 Å². The van der Waals surface area contributed by atoms with Crippen molar-refractivity contribution in [1.29, 1.82) is 0 Å². The second kappa shape index (κ2) is 8.25. The number of nitrogens with one attached hydrogen (secondary N) is 1. The topological polar surface area (TPSA) is 49.3 Å². The van der Waals surface area contributed by atoms with Crippen molar-refractivity contribution in [2.24, 2.45) is 0 Å². The Morgan fingerprint density at radius 2 is 2.10 bits per heavy atom. The van der Waals surface area contributed by atoms with Crippen LogP contribution in [0.4, 0.5) is 10.1 Å². The Morgan fingerprint density at radius 1 is 1.40 bits per heavy atom. The van der Waals surface area contributed by atoms with Crippen LogP contribution in [0.25, 0.3) is 0 Å². The first-order valence-corrected chi connectivity index (χ1v) is 7.74. The zero-order valence-corrected chi connectivity index (χ0v) is 13.5. The molecule has 0 saturated heterocycles. The molecule has 1 aromatic rings. The Labute approximate surface area is 127 Å². The molecule has 0 bridgehead atoms. The highest BCUT2D eigenvalue weighted by molar-refractivity contribution is 9.10. The Kier molecular flexibility index (Phi) is 6.99. The monoisotopic (exact) mass is 345 g/mol. The maximum Gasteiger partial charge on any atom is 0.336 e. The Hall–Kier alpha value is -1.10. The lowest BCUT2D eigenvalue weighted by Gasteiger charge is -2.16. The number of unbranched alkanes of at least 4 members (excludes halogenated alkanes) is 3. The Bertz CT molecular complexity index is 465. The predicted molar refractivity (Wildman–Crippen MR) is 82.9 cm³/mol. The molecule has 0 heterocycles. The van der Waals surface area contributed by atoms with E-state index < -0.39 is 11.8 Å². The number of rotatable bonds is 8. The minimum Gasteiger partial charge on any atom is -0.478 e. The van der Waals surface area contributed by atoms with Crippen molar-refractivity contribution < 1.29 is 14.3 Å². The minimum atomic E-state index is -1.14. The van der Waals surface area contributed by atoms with E-state index in [1.807, 2.05) is 6.92 Å². The van der Waals surface area contributed by atoms with Gasteiger partial charge in [0.15, 0.2) is 5.82 Å². The molecule has 0 aliphatic heterocycles. The van der Waals surface area contributed by atoms with Gasteiger partial charge in [-0.25, -0.2) is 9.18 Å². The zero-order valence-electron chi connectivity index (χ0n) is 11.9. The van der Waals surface area contributed by atoms with E-state index in [0.29, 0.717) is 5.69 Å². The molecule has 0 aromatic heterocycles. The summed E-state index contributed by atoms with van der Waals surface area (Å²) < 4.78 is 14.0. The molecule has 0 saturated carbocycles. The lowest BCUT2D eigenvalue weighted by Crippen LogP contribution is -2.16. The first-order chi connectivity index (χ1) is 9.47. The Balaban J connectivity index is 2.64. The first-order valence-electron chi connectivity index (χ1n) is 6.95. The normalized spacial score (nSPS) is 12.2. The summed E-state index contributed by atoms with van der Waals surface area (Å²) in [6.07, 6.45) is 5.68. The van der Waals surface area contributed by atoms with E-state index in [9.17, 15) is 9.18 Å². The highest BCUT2D eigenvalue weighted by Crippen LogP contribution is 2.28. The van der Waals surface area contributed by atoms with Gasteiger partial charge in [0.05, 0.1) is 15.7 Å². The third-order valence-corrected chi connectivity index (χ3v) is 3.98. The van der Waals surface area contributed by atoms with Crippen LogP contribution in [0.1, 0.15) is 56.3 Å². The minimum absolute atomic E-state index is 0.00631. The molecule has 0 radical (unpaired) electrons. The van der Waals surface area contributed by atoms with Gasteiger partial charge in [0.25, 0.3) is 0 Å². The zero-order chi connectivity index (χ0) is 15.1. The molecule has 0 spiro atoms. The predicted octanol–water partition coefficient (Wildman–Crippen LogP) is 5.06. The molecular weight excluding hydrogens is 325 g/mol. The second-order valence-corrected chi connectivity index (χ2v) is 5.78. The summed E-state index contributed by atoms with van der Waals surface area (Å²) in [6, 6.07) is 3.04. The molecule has 3 nitrogen and oxygen atoms in total. The number of aromatic carboxylic acids is 1. The van der Waals surface area contributed by atoms with E-state index in [2.05, 4.69) is 28.2 Å². The molecule has 0 amide bonds. The van der Waals surface area contributed by atoms with Crippen LogP contribution in [-0.4, -0.2) is 17.1 Å². The van der Waals surface area contributed by atoms with Crippen LogP contribution in [0.15, 0.2) is 16.6 Å². The summed E-state index contributed by atoms with van der Waals surface area (Å²) in [5.74, 6) is -1.69. The van der Waals surface area contributed by atoms with Crippen molar-refractivity contribution in [1.82, 2.24) is 0 Å².